The number of hydrogen-bond donors (Lipinski definition) is 3. The Kier molecular flexibility index (Phi) is 12.7. The Morgan fingerprint density at radius 3 is 2.11 bits per heavy atom. The van der Waals surface area contributed by atoms with Crippen molar-refractivity contribution >= 4 is 23.5 Å². The SMILES string of the molecule is CC(C)C[C@H](NC(=O)N1CCCCCC1)C(=O)N[C@@H](Cc1ccc(OCc2ccccc2)cc1)C(=O)Nc1cccc(C(F)(F)F)c1. The lowest BCUT2D eigenvalue weighted by molar-refractivity contribution is -0.137. The summed E-state index contributed by atoms with van der Waals surface area (Å²) in [4.78, 5) is 42.1. The molecule has 0 aromatic heterocycles. The van der Waals surface area contributed by atoms with Crippen molar-refractivity contribution in [2.24, 2.45) is 5.92 Å². The lowest BCUT2D eigenvalue weighted by Gasteiger charge is -2.27. The maximum atomic E-state index is 13.7. The third-order valence-electron chi connectivity index (χ3n) is 7.92. The molecule has 1 aliphatic rings. The van der Waals surface area contributed by atoms with Gasteiger partial charge in [0.15, 0.2) is 0 Å². The molecule has 3 aromatic carbocycles. The van der Waals surface area contributed by atoms with Crippen LogP contribution in [0.4, 0.5) is 23.7 Å². The van der Waals surface area contributed by atoms with E-state index >= 15 is 0 Å². The first kappa shape index (κ1) is 35.3. The molecule has 4 rings (SSSR count). The molecule has 252 valence electrons. The van der Waals surface area contributed by atoms with E-state index in [9.17, 15) is 27.6 Å². The van der Waals surface area contributed by atoms with Gasteiger partial charge in [0.05, 0.1) is 5.56 Å². The molecule has 0 saturated carbocycles. The summed E-state index contributed by atoms with van der Waals surface area (Å²) in [7, 11) is 0. The first-order valence-electron chi connectivity index (χ1n) is 16.1. The average molecular weight is 653 g/mol. The lowest BCUT2D eigenvalue weighted by atomic mass is 10.0. The smallest absolute Gasteiger partial charge is 0.416 e. The molecule has 3 N–H and O–H groups in total. The minimum absolute atomic E-state index is 0.0456. The fourth-order valence-electron chi connectivity index (χ4n) is 5.40. The predicted octanol–water partition coefficient (Wildman–Crippen LogP) is 6.95. The number of anilines is 1. The van der Waals surface area contributed by atoms with Gasteiger partial charge in [0, 0.05) is 25.2 Å². The van der Waals surface area contributed by atoms with Crippen molar-refractivity contribution in [3.05, 3.63) is 95.6 Å². The summed E-state index contributed by atoms with van der Waals surface area (Å²) in [6, 6.07) is 18.6. The minimum atomic E-state index is -4.59. The van der Waals surface area contributed by atoms with E-state index in [1.807, 2.05) is 44.2 Å². The van der Waals surface area contributed by atoms with E-state index in [4.69, 9.17) is 4.74 Å². The molecule has 1 aliphatic heterocycles. The normalized spacial score (nSPS) is 14.9. The van der Waals surface area contributed by atoms with Crippen LogP contribution in [0.3, 0.4) is 0 Å². The summed E-state index contributed by atoms with van der Waals surface area (Å²) in [6.07, 6.45) is -0.339. The van der Waals surface area contributed by atoms with E-state index < -0.39 is 35.6 Å². The molecule has 0 unspecified atom stereocenters. The van der Waals surface area contributed by atoms with Crippen LogP contribution in [0.15, 0.2) is 78.9 Å². The highest BCUT2D eigenvalue weighted by molar-refractivity contribution is 5.98. The van der Waals surface area contributed by atoms with Gasteiger partial charge in [-0.15, -0.1) is 0 Å². The number of urea groups is 1. The van der Waals surface area contributed by atoms with Gasteiger partial charge >= 0.3 is 12.2 Å². The van der Waals surface area contributed by atoms with Crippen LogP contribution in [0.25, 0.3) is 0 Å². The highest BCUT2D eigenvalue weighted by Crippen LogP contribution is 2.30. The standard InChI is InChI=1S/C36H43F3N4O4/c1-25(2)21-31(42-35(46)43-19-8-3-4-9-20-43)34(45)41-32(33(44)40-29-14-10-13-28(23-29)36(37,38)39)22-26-15-17-30(18-16-26)47-24-27-11-6-5-7-12-27/h5-7,10-18,23,25,31-32H,3-4,8-9,19-22,24H2,1-2H3,(H,40,44)(H,41,45)(H,42,46)/t31-,32-/m0/s1. The molecule has 1 heterocycles. The van der Waals surface area contributed by atoms with Crippen molar-refractivity contribution in [3.8, 4) is 5.75 Å². The number of ether oxygens (including phenoxy) is 1. The topological polar surface area (TPSA) is 99.8 Å². The second-order valence-corrected chi connectivity index (χ2v) is 12.3. The van der Waals surface area contributed by atoms with Gasteiger partial charge in [0.2, 0.25) is 11.8 Å². The van der Waals surface area contributed by atoms with Crippen LogP contribution in [0, 0.1) is 5.92 Å². The summed E-state index contributed by atoms with van der Waals surface area (Å²) < 4.78 is 45.9. The maximum absolute atomic E-state index is 13.7. The van der Waals surface area contributed by atoms with Gasteiger partial charge in [0.25, 0.3) is 0 Å². The zero-order chi connectivity index (χ0) is 33.8. The third-order valence-corrected chi connectivity index (χ3v) is 7.92. The molecule has 11 heteroatoms. The van der Waals surface area contributed by atoms with Gasteiger partial charge in [-0.25, -0.2) is 4.79 Å². The number of nitrogens with zero attached hydrogens (tertiary/aromatic N) is 1. The summed E-state index contributed by atoms with van der Waals surface area (Å²) in [5.74, 6) is -0.575. The van der Waals surface area contributed by atoms with Crippen LogP contribution >= 0.6 is 0 Å². The molecule has 47 heavy (non-hydrogen) atoms. The number of alkyl halides is 3. The van der Waals surface area contributed by atoms with Gasteiger partial charge in [-0.05, 0) is 66.6 Å². The molecule has 4 amide bonds. The number of halogens is 3. The van der Waals surface area contributed by atoms with Crippen LogP contribution in [0.1, 0.15) is 62.6 Å². The van der Waals surface area contributed by atoms with E-state index in [-0.39, 0.29) is 24.1 Å². The number of rotatable bonds is 12. The molecular weight excluding hydrogens is 609 g/mol. The van der Waals surface area contributed by atoms with Gasteiger partial charge < -0.3 is 25.6 Å². The van der Waals surface area contributed by atoms with Crippen LogP contribution in [0.5, 0.6) is 5.75 Å². The third kappa shape index (κ3) is 11.3. The lowest BCUT2D eigenvalue weighted by Crippen LogP contribution is -2.55. The first-order valence-corrected chi connectivity index (χ1v) is 16.1. The second-order valence-electron chi connectivity index (χ2n) is 12.3. The van der Waals surface area contributed by atoms with Gasteiger partial charge in [-0.2, -0.15) is 13.2 Å². The van der Waals surface area contributed by atoms with Crippen LogP contribution in [0.2, 0.25) is 0 Å². The van der Waals surface area contributed by atoms with Crippen LogP contribution in [-0.4, -0.2) is 47.9 Å². The van der Waals surface area contributed by atoms with Crippen molar-refractivity contribution in [1.29, 1.82) is 0 Å². The predicted molar refractivity (Wildman–Crippen MR) is 175 cm³/mol. The monoisotopic (exact) mass is 652 g/mol. The maximum Gasteiger partial charge on any atom is 0.416 e. The van der Waals surface area contributed by atoms with Crippen LogP contribution < -0.4 is 20.7 Å². The number of amides is 4. The molecule has 2 atom stereocenters. The summed E-state index contributed by atoms with van der Waals surface area (Å²) in [5, 5.41) is 8.18. The number of nitrogens with one attached hydrogen (secondary N) is 3. The Hall–Kier alpha value is -4.54. The van der Waals surface area contributed by atoms with Crippen molar-refractivity contribution in [2.75, 3.05) is 18.4 Å². The average Bonchev–Trinajstić information content (AvgIpc) is 3.34. The summed E-state index contributed by atoms with van der Waals surface area (Å²) in [5.41, 5.74) is 0.734. The quantitative estimate of drug-likeness (QED) is 0.197. The Balaban J connectivity index is 1.51. The van der Waals surface area contributed by atoms with Gasteiger partial charge in [0.1, 0.15) is 24.4 Å². The van der Waals surface area contributed by atoms with Crippen molar-refractivity contribution in [1.82, 2.24) is 15.5 Å². The molecular formula is C36H43F3N4O4. The van der Waals surface area contributed by atoms with E-state index in [0.717, 1.165) is 43.4 Å². The van der Waals surface area contributed by atoms with Crippen molar-refractivity contribution in [3.63, 3.8) is 0 Å². The van der Waals surface area contributed by atoms with Crippen molar-refractivity contribution < 1.29 is 32.3 Å². The van der Waals surface area contributed by atoms with E-state index in [2.05, 4.69) is 16.0 Å². The minimum Gasteiger partial charge on any atom is -0.489 e. The Morgan fingerprint density at radius 1 is 0.787 bits per heavy atom. The van der Waals surface area contributed by atoms with E-state index in [0.29, 0.717) is 37.4 Å². The van der Waals surface area contributed by atoms with E-state index in [1.54, 1.807) is 29.2 Å². The number of hydrogen-bond acceptors (Lipinski definition) is 4. The highest BCUT2D eigenvalue weighted by Gasteiger charge is 2.32. The summed E-state index contributed by atoms with van der Waals surface area (Å²) >= 11 is 0. The number of likely N-dealkylation sites (tertiary alicyclic amines) is 1. The second kappa shape index (κ2) is 16.9. The van der Waals surface area contributed by atoms with E-state index in [1.165, 1.54) is 12.1 Å². The van der Waals surface area contributed by atoms with Gasteiger partial charge in [-0.3, -0.25) is 9.59 Å². The highest BCUT2D eigenvalue weighted by atomic mass is 19.4. The molecule has 1 fully saturated rings. The molecule has 3 aromatic rings. The summed E-state index contributed by atoms with van der Waals surface area (Å²) in [6.45, 7) is 5.44. The molecule has 0 spiro atoms. The Bertz CT molecular complexity index is 1460. The zero-order valence-electron chi connectivity index (χ0n) is 26.8. The Morgan fingerprint density at radius 2 is 1.47 bits per heavy atom. The largest absolute Gasteiger partial charge is 0.489 e. The van der Waals surface area contributed by atoms with Gasteiger partial charge in [-0.1, -0.05) is 75.2 Å². The van der Waals surface area contributed by atoms with Crippen LogP contribution in [-0.2, 0) is 28.8 Å². The first-order chi connectivity index (χ1) is 22.5. The molecule has 1 saturated heterocycles. The zero-order valence-corrected chi connectivity index (χ0v) is 26.8. The number of carbonyl (C=O) groups excluding carboxylic acids is 3. The molecule has 0 bridgehead atoms. The fraction of sp³-hybridized carbons (Fsp3) is 0.417. The number of carbonyl (C=O) groups is 3. The Labute approximate surface area is 274 Å². The molecule has 0 aliphatic carbocycles. The molecule has 0 radical (unpaired) electrons. The fourth-order valence-corrected chi connectivity index (χ4v) is 5.40. The number of benzene rings is 3. The van der Waals surface area contributed by atoms with Crippen molar-refractivity contribution in [2.45, 2.75) is 77.2 Å². The molecule has 8 nitrogen and oxygen atoms in total.